The molecule has 202 valence electrons. The van der Waals surface area contributed by atoms with Crippen LogP contribution in [0.2, 0.25) is 0 Å². The topological polar surface area (TPSA) is 78.7 Å². The third-order valence-corrected chi connectivity index (χ3v) is 6.26. The van der Waals surface area contributed by atoms with Crippen LogP contribution >= 0.6 is 0 Å². The molecule has 0 bridgehead atoms. The van der Waals surface area contributed by atoms with E-state index in [0.717, 1.165) is 11.0 Å². The van der Waals surface area contributed by atoms with Crippen molar-refractivity contribution in [1.82, 2.24) is 15.1 Å². The molecule has 3 N–H and O–H groups in total. The van der Waals surface area contributed by atoms with Gasteiger partial charge < -0.3 is 20.9 Å². The molecule has 0 aliphatic carbocycles. The number of hydrogen-bond donors (Lipinski definition) is 2. The van der Waals surface area contributed by atoms with Crippen molar-refractivity contribution >= 4 is 11.8 Å². The number of ketones is 1. The van der Waals surface area contributed by atoms with Gasteiger partial charge in [0.15, 0.2) is 5.78 Å². The number of carbonyl (C=O) groups is 2. The van der Waals surface area contributed by atoms with Crippen molar-refractivity contribution in [1.29, 1.82) is 0 Å². The van der Waals surface area contributed by atoms with Crippen LogP contribution in [0.1, 0.15) is 27.8 Å². The summed E-state index contributed by atoms with van der Waals surface area (Å²) in [6.07, 6.45) is -10.1. The molecular formula is C24H25F7N4O2. The molecule has 2 amide bonds. The molecule has 1 fully saturated rings. The van der Waals surface area contributed by atoms with Crippen molar-refractivity contribution in [2.75, 3.05) is 33.2 Å². The molecule has 0 spiro atoms. The number of rotatable bonds is 5. The van der Waals surface area contributed by atoms with Gasteiger partial charge >= 0.3 is 18.4 Å². The molecule has 2 aromatic carbocycles. The second-order valence-corrected chi connectivity index (χ2v) is 8.83. The van der Waals surface area contributed by atoms with Crippen LogP contribution in [0.4, 0.5) is 35.5 Å². The van der Waals surface area contributed by atoms with Crippen LogP contribution in [-0.4, -0.2) is 54.8 Å². The summed E-state index contributed by atoms with van der Waals surface area (Å²) in [6, 6.07) is 3.92. The number of urea groups is 1. The monoisotopic (exact) mass is 534 g/mol. The lowest BCUT2D eigenvalue weighted by atomic mass is 9.80. The minimum absolute atomic E-state index is 0.00385. The quantitative estimate of drug-likeness (QED) is 0.568. The van der Waals surface area contributed by atoms with E-state index in [2.05, 4.69) is 5.32 Å². The summed E-state index contributed by atoms with van der Waals surface area (Å²) in [5.41, 5.74) is 1.25. The number of nitrogens with two attached hydrogens (primary N) is 1. The number of Topliss-reactive ketones (excluding diaryl/α,β-unsaturated/α-hetero) is 1. The lowest BCUT2D eigenvalue weighted by Gasteiger charge is -2.48. The molecule has 0 aromatic heterocycles. The van der Waals surface area contributed by atoms with E-state index in [1.54, 1.807) is 6.92 Å². The smallest absolute Gasteiger partial charge is 0.324 e. The summed E-state index contributed by atoms with van der Waals surface area (Å²) in [5, 5.41) is 3.02. The zero-order valence-electron chi connectivity index (χ0n) is 19.9. The maximum absolute atomic E-state index is 13.8. The Balaban J connectivity index is 2.03. The van der Waals surface area contributed by atoms with Crippen molar-refractivity contribution in [3.8, 4) is 0 Å². The highest BCUT2D eigenvalue weighted by Crippen LogP contribution is 2.37. The van der Waals surface area contributed by atoms with E-state index in [1.807, 2.05) is 0 Å². The van der Waals surface area contributed by atoms with Crippen molar-refractivity contribution in [2.24, 2.45) is 5.73 Å². The maximum atomic E-state index is 13.8. The van der Waals surface area contributed by atoms with Crippen LogP contribution < -0.4 is 11.1 Å². The van der Waals surface area contributed by atoms with E-state index in [-0.39, 0.29) is 25.7 Å². The summed E-state index contributed by atoms with van der Waals surface area (Å²) < 4.78 is 93.4. The molecular weight excluding hydrogens is 509 g/mol. The van der Waals surface area contributed by atoms with Gasteiger partial charge in [0.2, 0.25) is 0 Å². The third kappa shape index (κ3) is 5.72. The van der Waals surface area contributed by atoms with Gasteiger partial charge in [-0.05, 0) is 53.9 Å². The molecule has 1 aliphatic heterocycles. The Morgan fingerprint density at radius 3 is 2.16 bits per heavy atom. The molecule has 2 aromatic rings. The van der Waals surface area contributed by atoms with Crippen molar-refractivity contribution in [2.45, 2.75) is 31.4 Å². The van der Waals surface area contributed by atoms with Crippen LogP contribution in [0.15, 0.2) is 36.4 Å². The van der Waals surface area contributed by atoms with Gasteiger partial charge in [-0.2, -0.15) is 26.3 Å². The number of carbonyl (C=O) groups excluding carboxylic acids is 2. The van der Waals surface area contributed by atoms with E-state index >= 15 is 0 Å². The minimum atomic E-state index is -5.04. The standard InChI is InChI=1S/C24H25F7N4O2/c1-14-7-18(25)3-4-19(14)22(20(36)11-32)13-33-5-6-35(22)21(37)34(2)12-15-8-16(23(26,27)28)10-17(9-15)24(29,30)31/h3-4,7-10,33H,5-6,11-13,32H2,1-2H3/t22-/m1/s1. The molecule has 0 unspecified atom stereocenters. The van der Waals surface area contributed by atoms with Gasteiger partial charge in [-0.1, -0.05) is 6.07 Å². The van der Waals surface area contributed by atoms with Gasteiger partial charge in [0.25, 0.3) is 0 Å². The highest BCUT2D eigenvalue weighted by atomic mass is 19.4. The average molecular weight is 534 g/mol. The predicted octanol–water partition coefficient (Wildman–Crippen LogP) is 4.05. The first-order valence-corrected chi connectivity index (χ1v) is 11.1. The van der Waals surface area contributed by atoms with Gasteiger partial charge in [0, 0.05) is 33.2 Å². The molecule has 6 nitrogen and oxygen atoms in total. The summed E-state index contributed by atoms with van der Waals surface area (Å²) in [7, 11) is 1.20. The van der Waals surface area contributed by atoms with Crippen LogP contribution in [0, 0.1) is 12.7 Å². The Kier molecular flexibility index (Phi) is 7.89. The Morgan fingerprint density at radius 1 is 1.05 bits per heavy atom. The number of hydrogen-bond acceptors (Lipinski definition) is 4. The Morgan fingerprint density at radius 2 is 1.65 bits per heavy atom. The third-order valence-electron chi connectivity index (χ3n) is 6.26. The highest BCUT2D eigenvalue weighted by Gasteiger charge is 2.50. The molecule has 0 radical (unpaired) electrons. The first-order valence-electron chi connectivity index (χ1n) is 11.1. The summed E-state index contributed by atoms with van der Waals surface area (Å²) in [6.45, 7) is 0.617. The average Bonchev–Trinajstić information content (AvgIpc) is 2.81. The highest BCUT2D eigenvalue weighted by molar-refractivity contribution is 5.95. The first-order chi connectivity index (χ1) is 17.1. The molecule has 37 heavy (non-hydrogen) atoms. The second kappa shape index (κ2) is 10.3. The fourth-order valence-corrected chi connectivity index (χ4v) is 4.56. The number of nitrogens with zero attached hydrogens (tertiary/aromatic N) is 2. The van der Waals surface area contributed by atoms with E-state index in [1.165, 1.54) is 24.1 Å². The van der Waals surface area contributed by atoms with Gasteiger partial charge in [-0.15, -0.1) is 0 Å². The van der Waals surface area contributed by atoms with E-state index in [0.29, 0.717) is 23.3 Å². The van der Waals surface area contributed by atoms with Crippen molar-refractivity contribution in [3.63, 3.8) is 0 Å². The summed E-state index contributed by atoms with van der Waals surface area (Å²) in [4.78, 5) is 28.9. The number of benzene rings is 2. The van der Waals surface area contributed by atoms with Crippen LogP contribution in [0.5, 0.6) is 0 Å². The Labute approximate surface area is 208 Å². The van der Waals surface area contributed by atoms with Gasteiger partial charge in [0.1, 0.15) is 11.4 Å². The Bertz CT molecular complexity index is 1150. The molecule has 1 heterocycles. The van der Waals surface area contributed by atoms with Crippen molar-refractivity contribution < 1.29 is 40.3 Å². The zero-order chi connectivity index (χ0) is 27.8. The van der Waals surface area contributed by atoms with Gasteiger partial charge in [-0.25, -0.2) is 9.18 Å². The molecule has 13 heteroatoms. The van der Waals surface area contributed by atoms with Crippen LogP contribution in [0.25, 0.3) is 0 Å². The maximum Gasteiger partial charge on any atom is 0.416 e. The summed E-state index contributed by atoms with van der Waals surface area (Å²) in [5.74, 6) is -1.14. The van der Waals surface area contributed by atoms with Crippen molar-refractivity contribution in [3.05, 3.63) is 70.0 Å². The fourth-order valence-electron chi connectivity index (χ4n) is 4.56. The predicted molar refractivity (Wildman–Crippen MR) is 120 cm³/mol. The molecule has 0 saturated carbocycles. The fraction of sp³-hybridized carbons (Fsp3) is 0.417. The Hall–Kier alpha value is -3.19. The van der Waals surface area contributed by atoms with E-state index < -0.39 is 65.3 Å². The number of piperazine rings is 1. The van der Waals surface area contributed by atoms with E-state index in [4.69, 9.17) is 5.73 Å². The molecule has 1 atom stereocenters. The lowest BCUT2D eigenvalue weighted by molar-refractivity contribution is -0.143. The lowest BCUT2D eigenvalue weighted by Crippen LogP contribution is -2.67. The van der Waals surface area contributed by atoms with Crippen LogP contribution in [0.3, 0.4) is 0 Å². The molecule has 3 rings (SSSR count). The summed E-state index contributed by atoms with van der Waals surface area (Å²) >= 11 is 0. The number of amides is 2. The van der Waals surface area contributed by atoms with E-state index in [9.17, 15) is 40.3 Å². The number of halogens is 7. The first kappa shape index (κ1) is 28.4. The number of aryl methyl sites for hydroxylation is 1. The number of nitrogens with one attached hydrogen (secondary N) is 1. The SMILES string of the molecule is Cc1cc(F)ccc1[C@@]1(C(=O)CN)CNCCN1C(=O)N(C)Cc1cc(C(F)(F)F)cc(C(F)(F)F)c1. The van der Waals surface area contributed by atoms with Gasteiger partial charge in [-0.3, -0.25) is 4.79 Å². The number of alkyl halides is 6. The molecule has 1 saturated heterocycles. The zero-order valence-corrected chi connectivity index (χ0v) is 19.9. The normalized spacial score (nSPS) is 18.6. The minimum Gasteiger partial charge on any atom is -0.324 e. The van der Waals surface area contributed by atoms with Gasteiger partial charge in [0.05, 0.1) is 17.7 Å². The second-order valence-electron chi connectivity index (χ2n) is 8.83. The largest absolute Gasteiger partial charge is 0.416 e. The molecule has 1 aliphatic rings. The van der Waals surface area contributed by atoms with Crippen LogP contribution in [-0.2, 0) is 29.2 Å².